The second-order valence-corrected chi connectivity index (χ2v) is 6.78. The van der Waals surface area contributed by atoms with E-state index in [0.29, 0.717) is 6.42 Å². The van der Waals surface area contributed by atoms with Crippen molar-refractivity contribution in [3.63, 3.8) is 0 Å². The van der Waals surface area contributed by atoms with Gasteiger partial charge in [0.15, 0.2) is 5.82 Å². The van der Waals surface area contributed by atoms with E-state index in [9.17, 15) is 0 Å². The molecule has 27 heavy (non-hydrogen) atoms. The maximum Gasteiger partial charge on any atom is 0.159 e. The molecule has 0 atom stereocenters. The molecule has 130 valence electrons. The molecule has 0 amide bonds. The van der Waals surface area contributed by atoms with E-state index in [4.69, 9.17) is 15.0 Å². The van der Waals surface area contributed by atoms with Crippen LogP contribution in [0.15, 0.2) is 72.8 Å². The largest absolute Gasteiger partial charge is 0.337 e. The Balaban J connectivity index is 1.72. The van der Waals surface area contributed by atoms with Gasteiger partial charge in [-0.2, -0.15) is 0 Å². The maximum atomic E-state index is 4.96. The van der Waals surface area contributed by atoms with Crippen molar-refractivity contribution >= 4 is 22.1 Å². The van der Waals surface area contributed by atoms with Gasteiger partial charge in [0.2, 0.25) is 0 Å². The molecular weight excluding hydrogens is 332 g/mol. The minimum absolute atomic E-state index is 0.712. The van der Waals surface area contributed by atoms with Crippen LogP contribution in [0, 0.1) is 6.92 Å². The van der Waals surface area contributed by atoms with Crippen LogP contribution in [0.1, 0.15) is 16.8 Å². The molecule has 4 nitrogen and oxygen atoms in total. The van der Waals surface area contributed by atoms with Crippen LogP contribution >= 0.6 is 0 Å². The number of nitrogens with one attached hydrogen (secondary N) is 1. The Hall–Kier alpha value is -3.53. The summed E-state index contributed by atoms with van der Waals surface area (Å²) in [7, 11) is 0. The molecule has 0 aliphatic rings. The van der Waals surface area contributed by atoms with E-state index in [1.165, 1.54) is 11.1 Å². The monoisotopic (exact) mass is 350 g/mol. The molecular formula is C23H18N4. The Bertz CT molecular complexity index is 1220. The lowest BCUT2D eigenvalue weighted by Gasteiger charge is -2.09. The highest BCUT2D eigenvalue weighted by Crippen LogP contribution is 2.26. The molecule has 0 spiro atoms. The number of H-pyrrole nitrogens is 1. The van der Waals surface area contributed by atoms with E-state index < -0.39 is 0 Å². The quantitative estimate of drug-likeness (QED) is 0.494. The molecule has 0 fully saturated rings. The molecule has 0 bridgehead atoms. The van der Waals surface area contributed by atoms with E-state index in [2.05, 4.69) is 48.3 Å². The summed E-state index contributed by atoms with van der Waals surface area (Å²) in [4.78, 5) is 18.0. The van der Waals surface area contributed by atoms with Gasteiger partial charge in [-0.15, -0.1) is 0 Å². The zero-order valence-corrected chi connectivity index (χ0v) is 15.0. The molecule has 0 aliphatic carbocycles. The van der Waals surface area contributed by atoms with Crippen LogP contribution in [0.25, 0.3) is 33.6 Å². The van der Waals surface area contributed by atoms with Gasteiger partial charge >= 0.3 is 0 Å². The lowest BCUT2D eigenvalue weighted by atomic mass is 10.1. The van der Waals surface area contributed by atoms with Gasteiger partial charge in [-0.1, -0.05) is 48.5 Å². The number of aromatic amines is 1. The molecule has 4 heteroatoms. The standard InChI is InChI=1S/C23H18N4/c1-15-11-12-19-20(13-15)24-21(14-16-7-3-2-4-8-16)22(25-19)23-26-17-9-5-6-10-18(17)27-23/h2-13H,14H2,1H3,(H,26,27). The van der Waals surface area contributed by atoms with E-state index in [1.807, 2.05) is 36.4 Å². The van der Waals surface area contributed by atoms with Gasteiger partial charge < -0.3 is 4.98 Å². The first-order chi connectivity index (χ1) is 13.3. The fraction of sp³-hybridized carbons (Fsp3) is 0.0870. The zero-order valence-electron chi connectivity index (χ0n) is 15.0. The van der Waals surface area contributed by atoms with Crippen molar-refractivity contribution in [2.45, 2.75) is 13.3 Å². The Morgan fingerprint density at radius 1 is 0.741 bits per heavy atom. The van der Waals surface area contributed by atoms with Crippen LogP contribution in [-0.4, -0.2) is 19.9 Å². The summed E-state index contributed by atoms with van der Waals surface area (Å²) >= 11 is 0. The first kappa shape index (κ1) is 15.7. The predicted octanol–water partition coefficient (Wildman–Crippen LogP) is 5.07. The lowest BCUT2D eigenvalue weighted by molar-refractivity contribution is 1.06. The fourth-order valence-corrected chi connectivity index (χ4v) is 3.37. The van der Waals surface area contributed by atoms with Crippen molar-refractivity contribution in [1.82, 2.24) is 19.9 Å². The van der Waals surface area contributed by atoms with E-state index >= 15 is 0 Å². The highest BCUT2D eigenvalue weighted by molar-refractivity contribution is 5.82. The smallest absolute Gasteiger partial charge is 0.159 e. The molecule has 0 saturated heterocycles. The number of hydrogen-bond donors (Lipinski definition) is 1. The number of benzene rings is 3. The van der Waals surface area contributed by atoms with Crippen LogP contribution < -0.4 is 0 Å². The van der Waals surface area contributed by atoms with Crippen LogP contribution in [0.3, 0.4) is 0 Å². The number of imidazole rings is 1. The van der Waals surface area contributed by atoms with Gasteiger partial charge in [-0.05, 0) is 42.3 Å². The topological polar surface area (TPSA) is 54.5 Å². The average Bonchev–Trinajstić information content (AvgIpc) is 3.12. The molecule has 3 aromatic carbocycles. The Morgan fingerprint density at radius 2 is 1.56 bits per heavy atom. The fourth-order valence-electron chi connectivity index (χ4n) is 3.37. The summed E-state index contributed by atoms with van der Waals surface area (Å²) in [5.41, 5.74) is 7.86. The van der Waals surface area contributed by atoms with Gasteiger partial charge in [0, 0.05) is 6.42 Å². The number of hydrogen-bond acceptors (Lipinski definition) is 3. The Morgan fingerprint density at radius 3 is 2.41 bits per heavy atom. The molecule has 2 heterocycles. The van der Waals surface area contributed by atoms with Crippen LogP contribution in [0.2, 0.25) is 0 Å². The summed E-state index contributed by atoms with van der Waals surface area (Å²) in [5.74, 6) is 0.761. The molecule has 5 rings (SSSR count). The molecule has 0 unspecified atom stereocenters. The summed E-state index contributed by atoms with van der Waals surface area (Å²) in [6, 6.07) is 24.6. The zero-order chi connectivity index (χ0) is 18.2. The third-order valence-electron chi connectivity index (χ3n) is 4.72. The van der Waals surface area contributed by atoms with Crippen molar-refractivity contribution in [3.05, 3.63) is 89.6 Å². The van der Waals surface area contributed by atoms with E-state index in [0.717, 1.165) is 39.3 Å². The van der Waals surface area contributed by atoms with Crippen molar-refractivity contribution in [2.75, 3.05) is 0 Å². The minimum atomic E-state index is 0.712. The van der Waals surface area contributed by atoms with Crippen molar-refractivity contribution in [1.29, 1.82) is 0 Å². The Labute approximate surface area is 157 Å². The Kier molecular flexibility index (Phi) is 3.68. The van der Waals surface area contributed by atoms with Crippen molar-refractivity contribution < 1.29 is 0 Å². The summed E-state index contributed by atoms with van der Waals surface area (Å²) < 4.78 is 0. The molecule has 0 aliphatic heterocycles. The maximum absolute atomic E-state index is 4.96. The SMILES string of the molecule is Cc1ccc2nc(-c3nc4ccccc4[nH]3)c(Cc3ccccc3)nc2c1. The molecule has 0 radical (unpaired) electrons. The van der Waals surface area contributed by atoms with Gasteiger partial charge in [0.05, 0.1) is 27.8 Å². The molecule has 0 saturated carbocycles. The summed E-state index contributed by atoms with van der Waals surface area (Å²) in [5, 5.41) is 0. The van der Waals surface area contributed by atoms with Crippen LogP contribution in [0.5, 0.6) is 0 Å². The number of aromatic nitrogens is 4. The highest BCUT2D eigenvalue weighted by Gasteiger charge is 2.15. The van der Waals surface area contributed by atoms with Crippen molar-refractivity contribution in [2.24, 2.45) is 0 Å². The normalized spacial score (nSPS) is 11.3. The van der Waals surface area contributed by atoms with Crippen LogP contribution in [-0.2, 0) is 6.42 Å². The number of para-hydroxylation sites is 2. The van der Waals surface area contributed by atoms with Gasteiger partial charge in [0.1, 0.15) is 5.69 Å². The second-order valence-electron chi connectivity index (χ2n) is 6.78. The van der Waals surface area contributed by atoms with Gasteiger partial charge in [-0.3, -0.25) is 0 Å². The van der Waals surface area contributed by atoms with Crippen molar-refractivity contribution in [3.8, 4) is 11.5 Å². The number of nitrogens with zero attached hydrogens (tertiary/aromatic N) is 3. The predicted molar refractivity (Wildman–Crippen MR) is 109 cm³/mol. The summed E-state index contributed by atoms with van der Waals surface area (Å²) in [6.45, 7) is 2.07. The molecule has 5 aromatic rings. The summed E-state index contributed by atoms with van der Waals surface area (Å²) in [6.07, 6.45) is 0.712. The first-order valence-corrected chi connectivity index (χ1v) is 9.02. The first-order valence-electron chi connectivity index (χ1n) is 9.02. The van der Waals surface area contributed by atoms with Gasteiger partial charge in [-0.25, -0.2) is 15.0 Å². The van der Waals surface area contributed by atoms with E-state index in [1.54, 1.807) is 0 Å². The molecule has 1 N–H and O–H groups in total. The van der Waals surface area contributed by atoms with Crippen LogP contribution in [0.4, 0.5) is 0 Å². The highest BCUT2D eigenvalue weighted by atomic mass is 15.0. The number of rotatable bonds is 3. The second kappa shape index (κ2) is 6.32. The number of aryl methyl sites for hydroxylation is 1. The average molecular weight is 350 g/mol. The number of fused-ring (bicyclic) bond motifs is 2. The third kappa shape index (κ3) is 2.95. The minimum Gasteiger partial charge on any atom is -0.337 e. The lowest BCUT2D eigenvalue weighted by Crippen LogP contribution is -2.01. The molecule has 2 aromatic heterocycles. The third-order valence-corrected chi connectivity index (χ3v) is 4.72. The van der Waals surface area contributed by atoms with Gasteiger partial charge in [0.25, 0.3) is 0 Å². The van der Waals surface area contributed by atoms with E-state index in [-0.39, 0.29) is 0 Å².